The Hall–Kier alpha value is -1.22. The Balaban J connectivity index is 2.95. The van der Waals surface area contributed by atoms with E-state index in [1.807, 2.05) is 14.0 Å². The molecule has 0 aromatic heterocycles. The van der Waals surface area contributed by atoms with Crippen molar-refractivity contribution in [1.82, 2.24) is 5.32 Å². The van der Waals surface area contributed by atoms with Gasteiger partial charge in [-0.15, -0.1) is 0 Å². The maximum absolute atomic E-state index is 5.82. The number of benzene rings is 1. The zero-order valence-electron chi connectivity index (χ0n) is 12.8. The second-order valence-electron chi connectivity index (χ2n) is 4.70. The minimum absolute atomic E-state index is 0.710. The molecule has 19 heavy (non-hydrogen) atoms. The van der Waals surface area contributed by atoms with Crippen LogP contribution in [0.4, 0.5) is 5.69 Å². The lowest BCUT2D eigenvalue weighted by Crippen LogP contribution is -2.24. The molecule has 0 aliphatic rings. The minimum Gasteiger partial charge on any atom is -0.492 e. The molecule has 0 aliphatic carbocycles. The van der Waals surface area contributed by atoms with Crippen molar-refractivity contribution in [3.8, 4) is 5.75 Å². The summed E-state index contributed by atoms with van der Waals surface area (Å²) in [6, 6.07) is 6.53. The standard InChI is InChI=1S/C16H28N2O/c1-5-8-11-18(6-2)15-10-9-14(13-17-4)12-16(15)19-7-3/h9-10,12,17H,5-8,11,13H2,1-4H3. The first-order chi connectivity index (χ1) is 9.26. The Labute approximate surface area is 118 Å². The van der Waals surface area contributed by atoms with E-state index in [0.29, 0.717) is 6.61 Å². The Morgan fingerprint density at radius 1 is 1.21 bits per heavy atom. The average Bonchev–Trinajstić information content (AvgIpc) is 2.42. The predicted molar refractivity (Wildman–Crippen MR) is 83.2 cm³/mol. The third-order valence-corrected chi connectivity index (χ3v) is 3.21. The molecule has 0 aliphatic heterocycles. The van der Waals surface area contributed by atoms with Crippen LogP contribution in [-0.2, 0) is 6.54 Å². The van der Waals surface area contributed by atoms with Crippen molar-refractivity contribution in [2.24, 2.45) is 0 Å². The van der Waals surface area contributed by atoms with E-state index in [1.54, 1.807) is 0 Å². The number of nitrogens with zero attached hydrogens (tertiary/aromatic N) is 1. The van der Waals surface area contributed by atoms with Gasteiger partial charge in [-0.05, 0) is 45.0 Å². The summed E-state index contributed by atoms with van der Waals surface area (Å²) in [6.07, 6.45) is 2.44. The van der Waals surface area contributed by atoms with Crippen LogP contribution in [0, 0.1) is 0 Å². The number of rotatable bonds is 9. The zero-order valence-corrected chi connectivity index (χ0v) is 12.8. The van der Waals surface area contributed by atoms with Crippen molar-refractivity contribution in [2.75, 3.05) is 31.6 Å². The number of ether oxygens (including phenoxy) is 1. The molecule has 3 nitrogen and oxygen atoms in total. The van der Waals surface area contributed by atoms with Gasteiger partial charge in [-0.3, -0.25) is 0 Å². The van der Waals surface area contributed by atoms with Crippen LogP contribution in [0.3, 0.4) is 0 Å². The molecule has 0 bridgehead atoms. The Morgan fingerprint density at radius 2 is 2.00 bits per heavy atom. The summed E-state index contributed by atoms with van der Waals surface area (Å²) in [5, 5.41) is 3.18. The van der Waals surface area contributed by atoms with Crippen molar-refractivity contribution < 1.29 is 4.74 Å². The molecule has 0 saturated heterocycles. The molecule has 0 unspecified atom stereocenters. The SMILES string of the molecule is CCCCN(CC)c1ccc(CNC)cc1OCC. The van der Waals surface area contributed by atoms with E-state index < -0.39 is 0 Å². The molecule has 0 spiro atoms. The van der Waals surface area contributed by atoms with Gasteiger partial charge in [-0.25, -0.2) is 0 Å². The molecule has 1 N–H and O–H groups in total. The Morgan fingerprint density at radius 3 is 2.58 bits per heavy atom. The van der Waals surface area contributed by atoms with Crippen molar-refractivity contribution >= 4 is 5.69 Å². The van der Waals surface area contributed by atoms with Gasteiger partial charge in [0.2, 0.25) is 0 Å². The normalized spacial score (nSPS) is 10.5. The largest absolute Gasteiger partial charge is 0.492 e. The lowest BCUT2D eigenvalue weighted by atomic mass is 10.1. The van der Waals surface area contributed by atoms with Crippen LogP contribution >= 0.6 is 0 Å². The van der Waals surface area contributed by atoms with Crippen LogP contribution in [0.15, 0.2) is 18.2 Å². The summed E-state index contributed by atoms with van der Waals surface area (Å²) in [5.41, 5.74) is 2.49. The minimum atomic E-state index is 0.710. The lowest BCUT2D eigenvalue weighted by Gasteiger charge is -2.25. The molecular formula is C16H28N2O. The van der Waals surface area contributed by atoms with Crippen LogP contribution < -0.4 is 15.0 Å². The van der Waals surface area contributed by atoms with Gasteiger partial charge in [0, 0.05) is 19.6 Å². The first-order valence-corrected chi connectivity index (χ1v) is 7.42. The number of hydrogen-bond donors (Lipinski definition) is 1. The zero-order chi connectivity index (χ0) is 14.1. The topological polar surface area (TPSA) is 24.5 Å². The van der Waals surface area contributed by atoms with E-state index >= 15 is 0 Å². The molecule has 0 atom stereocenters. The molecule has 108 valence electrons. The predicted octanol–water partition coefficient (Wildman–Crippen LogP) is 3.43. The molecule has 1 aromatic rings. The molecule has 1 rings (SSSR count). The van der Waals surface area contributed by atoms with Gasteiger partial charge in [0.15, 0.2) is 0 Å². The fraction of sp³-hybridized carbons (Fsp3) is 0.625. The van der Waals surface area contributed by atoms with Crippen LogP contribution in [0.5, 0.6) is 5.75 Å². The first-order valence-electron chi connectivity index (χ1n) is 7.42. The molecule has 3 heteroatoms. The van der Waals surface area contributed by atoms with Gasteiger partial charge < -0.3 is 15.0 Å². The van der Waals surface area contributed by atoms with Crippen molar-refractivity contribution in [3.05, 3.63) is 23.8 Å². The second-order valence-corrected chi connectivity index (χ2v) is 4.70. The van der Waals surface area contributed by atoms with Crippen LogP contribution in [0.25, 0.3) is 0 Å². The molecule has 0 radical (unpaired) electrons. The number of hydrogen-bond acceptors (Lipinski definition) is 3. The first kappa shape index (κ1) is 15.8. The van der Waals surface area contributed by atoms with E-state index in [-0.39, 0.29) is 0 Å². The quantitative estimate of drug-likeness (QED) is 0.739. The fourth-order valence-electron chi connectivity index (χ4n) is 2.20. The monoisotopic (exact) mass is 264 g/mol. The van der Waals surface area contributed by atoms with Gasteiger partial charge in [0.25, 0.3) is 0 Å². The number of unbranched alkanes of at least 4 members (excludes halogenated alkanes) is 1. The highest BCUT2D eigenvalue weighted by atomic mass is 16.5. The van der Waals surface area contributed by atoms with Crippen LogP contribution in [0.1, 0.15) is 39.2 Å². The molecule has 0 saturated carbocycles. The molecule has 0 heterocycles. The van der Waals surface area contributed by atoms with E-state index in [9.17, 15) is 0 Å². The summed E-state index contributed by atoms with van der Waals surface area (Å²) in [6.45, 7) is 10.2. The summed E-state index contributed by atoms with van der Waals surface area (Å²) in [7, 11) is 1.97. The summed E-state index contributed by atoms with van der Waals surface area (Å²) >= 11 is 0. The van der Waals surface area contributed by atoms with Crippen molar-refractivity contribution in [2.45, 2.75) is 40.2 Å². The Kier molecular flexibility index (Phi) is 7.34. The maximum Gasteiger partial charge on any atom is 0.142 e. The molecule has 1 aromatic carbocycles. The van der Waals surface area contributed by atoms with E-state index in [0.717, 1.165) is 25.4 Å². The second kappa shape index (κ2) is 8.81. The van der Waals surface area contributed by atoms with Gasteiger partial charge in [0.05, 0.1) is 12.3 Å². The Bertz CT molecular complexity index is 366. The van der Waals surface area contributed by atoms with Gasteiger partial charge in [-0.2, -0.15) is 0 Å². The van der Waals surface area contributed by atoms with Crippen LogP contribution in [-0.4, -0.2) is 26.7 Å². The highest BCUT2D eigenvalue weighted by Crippen LogP contribution is 2.30. The van der Waals surface area contributed by atoms with Gasteiger partial charge in [0.1, 0.15) is 5.75 Å². The van der Waals surface area contributed by atoms with E-state index in [2.05, 4.69) is 42.3 Å². The summed E-state index contributed by atoms with van der Waals surface area (Å²) in [5.74, 6) is 1.01. The van der Waals surface area contributed by atoms with Gasteiger partial charge >= 0.3 is 0 Å². The molecule has 0 fully saturated rings. The highest BCUT2D eigenvalue weighted by Gasteiger charge is 2.11. The number of anilines is 1. The number of nitrogens with one attached hydrogen (secondary N) is 1. The third kappa shape index (κ3) is 4.75. The smallest absolute Gasteiger partial charge is 0.142 e. The maximum atomic E-state index is 5.82. The third-order valence-electron chi connectivity index (χ3n) is 3.21. The molecule has 0 amide bonds. The summed E-state index contributed by atoms with van der Waals surface area (Å²) < 4.78 is 5.82. The molecular weight excluding hydrogens is 236 g/mol. The average molecular weight is 264 g/mol. The van der Waals surface area contributed by atoms with Crippen molar-refractivity contribution in [1.29, 1.82) is 0 Å². The summed E-state index contributed by atoms with van der Waals surface area (Å²) in [4.78, 5) is 2.40. The van der Waals surface area contributed by atoms with Gasteiger partial charge in [-0.1, -0.05) is 19.4 Å². The van der Waals surface area contributed by atoms with E-state index in [4.69, 9.17) is 4.74 Å². The fourth-order valence-corrected chi connectivity index (χ4v) is 2.20. The van der Waals surface area contributed by atoms with E-state index in [1.165, 1.54) is 24.1 Å². The van der Waals surface area contributed by atoms with Crippen LogP contribution in [0.2, 0.25) is 0 Å². The van der Waals surface area contributed by atoms with Crippen molar-refractivity contribution in [3.63, 3.8) is 0 Å². The lowest BCUT2D eigenvalue weighted by molar-refractivity contribution is 0.340. The highest BCUT2D eigenvalue weighted by molar-refractivity contribution is 5.59.